The van der Waals surface area contributed by atoms with Crippen LogP contribution in [0.2, 0.25) is 0 Å². The maximum absolute atomic E-state index is 8.13. The van der Waals surface area contributed by atoms with E-state index in [1.165, 1.54) is 0 Å². The molecule has 1 heterocycles. The van der Waals surface area contributed by atoms with Gasteiger partial charge in [0.1, 0.15) is 0 Å². The van der Waals surface area contributed by atoms with E-state index in [2.05, 4.69) is 10.0 Å². The Morgan fingerprint density at radius 1 is 1.58 bits per heavy atom. The van der Waals surface area contributed by atoms with Crippen LogP contribution in [0.25, 0.3) is 10.4 Å². The van der Waals surface area contributed by atoms with Crippen LogP contribution in [-0.2, 0) is 9.47 Å². The highest BCUT2D eigenvalue weighted by Gasteiger charge is 2.24. The van der Waals surface area contributed by atoms with Gasteiger partial charge in [0.05, 0.1) is 13.2 Å². The molecule has 0 aromatic carbocycles. The third kappa shape index (κ3) is 2.37. The summed E-state index contributed by atoms with van der Waals surface area (Å²) in [5.74, 6) is 0.198. The first-order valence-corrected chi connectivity index (χ1v) is 4.12. The van der Waals surface area contributed by atoms with Gasteiger partial charge in [0.15, 0.2) is 6.29 Å². The first kappa shape index (κ1) is 9.32. The van der Waals surface area contributed by atoms with Crippen LogP contribution < -0.4 is 0 Å². The minimum Gasteiger partial charge on any atom is -0.350 e. The molecule has 5 nitrogen and oxygen atoms in total. The van der Waals surface area contributed by atoms with E-state index < -0.39 is 0 Å². The maximum atomic E-state index is 8.13. The van der Waals surface area contributed by atoms with Gasteiger partial charge < -0.3 is 9.47 Å². The summed E-state index contributed by atoms with van der Waals surface area (Å²) in [6, 6.07) is 0. The number of hydrogen-bond donors (Lipinski definition) is 0. The highest BCUT2D eigenvalue weighted by Crippen LogP contribution is 2.18. The summed E-state index contributed by atoms with van der Waals surface area (Å²) in [6.07, 6.45) is 0.740. The summed E-state index contributed by atoms with van der Waals surface area (Å²) in [4.78, 5) is 2.71. The molecule has 1 atom stereocenters. The fraction of sp³-hybridized carbons (Fsp3) is 1.00. The number of azide groups is 1. The van der Waals surface area contributed by atoms with Gasteiger partial charge in [-0.1, -0.05) is 12.0 Å². The predicted octanol–water partition coefficient (Wildman–Crippen LogP) is 1.70. The van der Waals surface area contributed by atoms with Crippen LogP contribution in [-0.4, -0.2) is 26.0 Å². The van der Waals surface area contributed by atoms with Crippen molar-refractivity contribution >= 4 is 0 Å². The molecule has 0 aromatic rings. The standard InChI is InChI=1S/C7H13N3O2/c1-2-6(5-9-10-8)7-11-3-4-12-7/h6-7H,2-5H2,1H3/t6-/m0/s1. The Morgan fingerprint density at radius 3 is 2.75 bits per heavy atom. The second-order valence-corrected chi connectivity index (χ2v) is 2.69. The number of rotatable bonds is 4. The van der Waals surface area contributed by atoms with Crippen LogP contribution in [0.15, 0.2) is 5.11 Å². The van der Waals surface area contributed by atoms with Crippen molar-refractivity contribution in [1.29, 1.82) is 0 Å². The van der Waals surface area contributed by atoms with E-state index >= 15 is 0 Å². The van der Waals surface area contributed by atoms with E-state index in [4.69, 9.17) is 15.0 Å². The van der Waals surface area contributed by atoms with Gasteiger partial charge in [-0.3, -0.25) is 0 Å². The van der Waals surface area contributed by atoms with E-state index in [-0.39, 0.29) is 12.2 Å². The zero-order valence-corrected chi connectivity index (χ0v) is 7.14. The molecule has 1 saturated heterocycles. The lowest BCUT2D eigenvalue weighted by molar-refractivity contribution is -0.0814. The quantitative estimate of drug-likeness (QED) is 0.367. The van der Waals surface area contributed by atoms with Crippen molar-refractivity contribution in [3.63, 3.8) is 0 Å². The van der Waals surface area contributed by atoms with E-state index in [0.29, 0.717) is 19.8 Å². The highest BCUT2D eigenvalue weighted by molar-refractivity contribution is 4.67. The Balaban J connectivity index is 2.37. The first-order valence-electron chi connectivity index (χ1n) is 4.12. The van der Waals surface area contributed by atoms with E-state index in [1.54, 1.807) is 0 Å². The fourth-order valence-corrected chi connectivity index (χ4v) is 1.20. The molecule has 12 heavy (non-hydrogen) atoms. The van der Waals surface area contributed by atoms with Crippen LogP contribution in [0.1, 0.15) is 13.3 Å². The largest absolute Gasteiger partial charge is 0.350 e. The lowest BCUT2D eigenvalue weighted by atomic mass is 10.1. The predicted molar refractivity (Wildman–Crippen MR) is 43.5 cm³/mol. The zero-order chi connectivity index (χ0) is 8.81. The van der Waals surface area contributed by atoms with Crippen LogP contribution >= 0.6 is 0 Å². The van der Waals surface area contributed by atoms with Crippen LogP contribution in [0.3, 0.4) is 0 Å². The molecule has 68 valence electrons. The number of hydrogen-bond acceptors (Lipinski definition) is 3. The Morgan fingerprint density at radius 2 is 2.25 bits per heavy atom. The summed E-state index contributed by atoms with van der Waals surface area (Å²) in [7, 11) is 0. The molecule has 0 radical (unpaired) electrons. The fourth-order valence-electron chi connectivity index (χ4n) is 1.20. The summed E-state index contributed by atoms with van der Waals surface area (Å²) in [5.41, 5.74) is 8.13. The summed E-state index contributed by atoms with van der Waals surface area (Å²) in [5, 5.41) is 3.51. The monoisotopic (exact) mass is 171 g/mol. The maximum Gasteiger partial charge on any atom is 0.160 e. The lowest BCUT2D eigenvalue weighted by Crippen LogP contribution is -2.23. The molecule has 0 spiro atoms. The Labute approximate surface area is 71.3 Å². The van der Waals surface area contributed by atoms with Crippen molar-refractivity contribution in [2.75, 3.05) is 19.8 Å². The summed E-state index contributed by atoms with van der Waals surface area (Å²) in [6.45, 7) is 3.79. The van der Waals surface area contributed by atoms with Crippen LogP contribution in [0.5, 0.6) is 0 Å². The molecule has 0 aromatic heterocycles. The molecule has 1 rings (SSSR count). The van der Waals surface area contributed by atoms with Crippen molar-refractivity contribution in [2.45, 2.75) is 19.6 Å². The van der Waals surface area contributed by atoms with Crippen LogP contribution in [0, 0.1) is 5.92 Å². The summed E-state index contributed by atoms with van der Waals surface area (Å²) >= 11 is 0. The van der Waals surface area contributed by atoms with Crippen molar-refractivity contribution in [1.82, 2.24) is 0 Å². The Kier molecular flexibility index (Phi) is 3.87. The average molecular weight is 171 g/mol. The van der Waals surface area contributed by atoms with Gasteiger partial charge in [-0.25, -0.2) is 0 Å². The van der Waals surface area contributed by atoms with E-state index in [1.807, 2.05) is 6.92 Å². The van der Waals surface area contributed by atoms with Gasteiger partial charge in [0.25, 0.3) is 0 Å². The minimum atomic E-state index is -0.166. The normalized spacial score (nSPS) is 20.4. The number of ether oxygens (including phenoxy) is 2. The molecule has 1 aliphatic heterocycles. The Hall–Kier alpha value is -0.770. The third-order valence-corrected chi connectivity index (χ3v) is 1.94. The molecule has 5 heteroatoms. The van der Waals surface area contributed by atoms with Crippen molar-refractivity contribution in [2.24, 2.45) is 11.0 Å². The minimum absolute atomic E-state index is 0.166. The molecule has 1 fully saturated rings. The first-order chi connectivity index (χ1) is 5.88. The van der Waals surface area contributed by atoms with Gasteiger partial charge in [-0.2, -0.15) is 0 Å². The Bertz CT molecular complexity index is 173. The van der Waals surface area contributed by atoms with Crippen molar-refractivity contribution in [3.8, 4) is 0 Å². The van der Waals surface area contributed by atoms with Gasteiger partial charge >= 0.3 is 0 Å². The second kappa shape index (κ2) is 4.98. The smallest absolute Gasteiger partial charge is 0.160 e. The second-order valence-electron chi connectivity index (χ2n) is 2.69. The molecule has 0 N–H and O–H groups in total. The number of nitrogens with zero attached hydrogens (tertiary/aromatic N) is 3. The third-order valence-electron chi connectivity index (χ3n) is 1.94. The van der Waals surface area contributed by atoms with Gasteiger partial charge in [-0.15, -0.1) is 0 Å². The molecular formula is C7H13N3O2. The molecule has 0 saturated carbocycles. The molecular weight excluding hydrogens is 158 g/mol. The molecule has 0 aliphatic carbocycles. The molecule has 1 aliphatic rings. The van der Waals surface area contributed by atoms with E-state index in [9.17, 15) is 0 Å². The van der Waals surface area contributed by atoms with Gasteiger partial charge in [0, 0.05) is 17.4 Å². The molecule has 0 unspecified atom stereocenters. The average Bonchev–Trinajstić information content (AvgIpc) is 2.59. The highest BCUT2D eigenvalue weighted by atomic mass is 16.7. The lowest BCUT2D eigenvalue weighted by Gasteiger charge is -2.17. The zero-order valence-electron chi connectivity index (χ0n) is 7.14. The SMILES string of the molecule is CC[C@@H](CN=[N+]=[N-])C1OCCO1. The van der Waals surface area contributed by atoms with E-state index in [0.717, 1.165) is 6.42 Å². The van der Waals surface area contributed by atoms with Gasteiger partial charge in [-0.05, 0) is 12.0 Å². The molecule has 0 amide bonds. The van der Waals surface area contributed by atoms with Crippen molar-refractivity contribution < 1.29 is 9.47 Å². The van der Waals surface area contributed by atoms with Crippen LogP contribution in [0.4, 0.5) is 0 Å². The molecule has 0 bridgehead atoms. The topological polar surface area (TPSA) is 67.2 Å². The van der Waals surface area contributed by atoms with Gasteiger partial charge in [0.2, 0.25) is 0 Å². The summed E-state index contributed by atoms with van der Waals surface area (Å²) < 4.78 is 10.6. The van der Waals surface area contributed by atoms with Crippen molar-refractivity contribution in [3.05, 3.63) is 10.4 Å².